The van der Waals surface area contributed by atoms with Crippen LogP contribution in [0.3, 0.4) is 0 Å². The quantitative estimate of drug-likeness (QED) is 0.107. The summed E-state index contributed by atoms with van der Waals surface area (Å²) in [6.07, 6.45) is 3.66. The van der Waals surface area contributed by atoms with Crippen molar-refractivity contribution in [3.63, 3.8) is 0 Å². The number of ether oxygens (including phenoxy) is 3. The Kier molecular flexibility index (Phi) is 25.6. The van der Waals surface area contributed by atoms with Crippen LogP contribution < -0.4 is 21.3 Å². The zero-order chi connectivity index (χ0) is 31.5. The fourth-order valence-corrected chi connectivity index (χ4v) is 4.19. The van der Waals surface area contributed by atoms with Gasteiger partial charge in [0.25, 0.3) is 0 Å². The maximum atomic E-state index is 12.2. The summed E-state index contributed by atoms with van der Waals surface area (Å²) in [6, 6.07) is 0. The molecule has 0 aromatic carbocycles. The Morgan fingerprint density at radius 1 is 0.762 bits per heavy atom. The zero-order valence-corrected chi connectivity index (χ0v) is 27.5. The van der Waals surface area contributed by atoms with E-state index in [-0.39, 0.29) is 23.3 Å². The number of rotatable bonds is 17. The van der Waals surface area contributed by atoms with Crippen LogP contribution in [0.2, 0.25) is 0 Å². The standard InChI is InChI=1S/C21H40N4O4.C6H16N2.C3H6O2/c1-3-21(4-2,17-28-19(26)5-11-24-13-7-22-8-14-24)18-29-20(27)6-12-25-15-9-23-10-16-25;1-3-4-8-6-5-7-2;1-3(4)5-2/h22-23H,3-18H2,1-2H3;7-8H,3-6H2,1-2H3;1-2H3. The molecule has 0 radical (unpaired) electrons. The van der Waals surface area contributed by atoms with Crippen LogP contribution in [0.15, 0.2) is 0 Å². The number of piperazine rings is 2. The molecule has 2 fully saturated rings. The monoisotopic (exact) mass is 602 g/mol. The Hall–Kier alpha value is -1.83. The molecule has 0 bridgehead atoms. The number of likely N-dealkylation sites (N-methyl/N-ethyl adjacent to an activating group) is 1. The molecule has 0 amide bonds. The molecule has 12 nitrogen and oxygen atoms in total. The number of nitrogens with one attached hydrogen (secondary N) is 4. The molecule has 12 heteroatoms. The van der Waals surface area contributed by atoms with Crippen LogP contribution in [0.5, 0.6) is 0 Å². The average Bonchev–Trinajstić information content (AvgIpc) is 3.03. The predicted octanol–water partition coefficient (Wildman–Crippen LogP) is 0.855. The molecule has 0 aliphatic carbocycles. The minimum absolute atomic E-state index is 0.167. The van der Waals surface area contributed by atoms with Gasteiger partial charge in [-0.05, 0) is 32.9 Å². The molecule has 42 heavy (non-hydrogen) atoms. The minimum Gasteiger partial charge on any atom is -0.469 e. The number of methoxy groups -OCH3 is 1. The minimum atomic E-state index is -0.296. The number of hydrogen-bond acceptors (Lipinski definition) is 12. The van der Waals surface area contributed by atoms with Gasteiger partial charge in [0.05, 0.1) is 20.0 Å². The third-order valence-electron chi connectivity index (χ3n) is 7.53. The number of hydrogen-bond donors (Lipinski definition) is 4. The van der Waals surface area contributed by atoms with E-state index < -0.39 is 0 Å². The smallest absolute Gasteiger partial charge is 0.307 e. The van der Waals surface area contributed by atoms with Crippen molar-refractivity contribution in [3.05, 3.63) is 0 Å². The Bertz CT molecular complexity index is 637. The van der Waals surface area contributed by atoms with E-state index in [9.17, 15) is 14.4 Å². The van der Waals surface area contributed by atoms with Crippen LogP contribution in [-0.4, -0.2) is 140 Å². The molecule has 2 aliphatic heterocycles. The molecule has 0 atom stereocenters. The summed E-state index contributed by atoms with van der Waals surface area (Å²) in [4.78, 5) is 38.5. The van der Waals surface area contributed by atoms with Crippen LogP contribution >= 0.6 is 0 Å². The van der Waals surface area contributed by atoms with Crippen LogP contribution in [-0.2, 0) is 28.6 Å². The Morgan fingerprint density at radius 2 is 1.19 bits per heavy atom. The van der Waals surface area contributed by atoms with Gasteiger partial charge in [0.15, 0.2) is 0 Å². The van der Waals surface area contributed by atoms with Crippen molar-refractivity contribution in [1.29, 1.82) is 0 Å². The largest absolute Gasteiger partial charge is 0.469 e. The third kappa shape index (κ3) is 21.8. The van der Waals surface area contributed by atoms with Gasteiger partial charge in [0.2, 0.25) is 0 Å². The van der Waals surface area contributed by atoms with E-state index in [1.807, 2.05) is 7.05 Å². The van der Waals surface area contributed by atoms with Crippen molar-refractivity contribution in [3.8, 4) is 0 Å². The maximum Gasteiger partial charge on any atom is 0.307 e. The lowest BCUT2D eigenvalue weighted by atomic mass is 9.84. The van der Waals surface area contributed by atoms with E-state index >= 15 is 0 Å². The zero-order valence-electron chi connectivity index (χ0n) is 27.5. The van der Waals surface area contributed by atoms with E-state index in [0.717, 1.165) is 97.9 Å². The molecule has 4 N–H and O–H groups in total. The molecule has 248 valence electrons. The van der Waals surface area contributed by atoms with Gasteiger partial charge >= 0.3 is 17.9 Å². The molecule has 0 unspecified atom stereocenters. The molecular formula is C30H62N6O6. The number of carbonyl (C=O) groups excluding carboxylic acids is 3. The van der Waals surface area contributed by atoms with E-state index in [2.05, 4.69) is 56.6 Å². The number of esters is 3. The van der Waals surface area contributed by atoms with Crippen LogP contribution in [0.1, 0.15) is 59.8 Å². The summed E-state index contributed by atoms with van der Waals surface area (Å²) in [5, 5.41) is 13.0. The number of nitrogens with zero attached hydrogens (tertiary/aromatic N) is 2. The summed E-state index contributed by atoms with van der Waals surface area (Å²) in [6.45, 7) is 20.9. The lowest BCUT2D eigenvalue weighted by molar-refractivity contribution is -0.155. The highest BCUT2D eigenvalue weighted by molar-refractivity contribution is 5.70. The van der Waals surface area contributed by atoms with Gasteiger partial charge < -0.3 is 45.3 Å². The molecule has 0 aromatic rings. The van der Waals surface area contributed by atoms with Crippen molar-refractivity contribution in [1.82, 2.24) is 31.1 Å². The van der Waals surface area contributed by atoms with Crippen LogP contribution in [0.25, 0.3) is 0 Å². The van der Waals surface area contributed by atoms with E-state index in [1.54, 1.807) is 0 Å². The van der Waals surface area contributed by atoms with E-state index in [1.165, 1.54) is 20.5 Å². The highest BCUT2D eigenvalue weighted by Crippen LogP contribution is 2.27. The first kappa shape index (κ1) is 40.2. The summed E-state index contributed by atoms with van der Waals surface area (Å²) < 4.78 is 15.3. The molecular weight excluding hydrogens is 540 g/mol. The summed E-state index contributed by atoms with van der Waals surface area (Å²) in [5.74, 6) is -0.579. The Labute approximate surface area is 255 Å². The van der Waals surface area contributed by atoms with E-state index in [4.69, 9.17) is 9.47 Å². The van der Waals surface area contributed by atoms with Gasteiger partial charge in [-0.15, -0.1) is 0 Å². The Morgan fingerprint density at radius 3 is 1.52 bits per heavy atom. The van der Waals surface area contributed by atoms with Crippen molar-refractivity contribution in [2.24, 2.45) is 5.41 Å². The van der Waals surface area contributed by atoms with Gasteiger partial charge in [-0.3, -0.25) is 14.4 Å². The molecule has 2 saturated heterocycles. The van der Waals surface area contributed by atoms with Gasteiger partial charge in [0, 0.05) is 90.9 Å². The second-order valence-electron chi connectivity index (χ2n) is 10.8. The predicted molar refractivity (Wildman–Crippen MR) is 168 cm³/mol. The van der Waals surface area contributed by atoms with Crippen molar-refractivity contribution < 1.29 is 28.6 Å². The Balaban J connectivity index is 0.00000107. The van der Waals surface area contributed by atoms with Crippen LogP contribution in [0, 0.1) is 5.41 Å². The maximum absolute atomic E-state index is 12.2. The SMILES string of the molecule is CCC(CC)(COC(=O)CCN1CCNCC1)COC(=O)CCN1CCNCC1.CCCNCCNC.COC(C)=O. The van der Waals surface area contributed by atoms with Crippen molar-refractivity contribution >= 4 is 17.9 Å². The van der Waals surface area contributed by atoms with Crippen molar-refractivity contribution in [2.75, 3.05) is 112 Å². The summed E-state index contributed by atoms with van der Waals surface area (Å²) in [5.41, 5.74) is -0.296. The normalized spacial score (nSPS) is 15.9. The first-order chi connectivity index (χ1) is 20.2. The van der Waals surface area contributed by atoms with Gasteiger partial charge in [-0.25, -0.2) is 0 Å². The first-order valence-corrected chi connectivity index (χ1v) is 15.8. The van der Waals surface area contributed by atoms with Gasteiger partial charge in [-0.1, -0.05) is 20.8 Å². The highest BCUT2D eigenvalue weighted by Gasteiger charge is 2.30. The summed E-state index contributed by atoms with van der Waals surface area (Å²) >= 11 is 0. The van der Waals surface area contributed by atoms with Gasteiger partial charge in [-0.2, -0.15) is 0 Å². The fraction of sp³-hybridized carbons (Fsp3) is 0.900. The van der Waals surface area contributed by atoms with Crippen molar-refractivity contribution in [2.45, 2.75) is 59.8 Å². The molecule has 0 aromatic heterocycles. The highest BCUT2D eigenvalue weighted by atomic mass is 16.5. The molecule has 0 spiro atoms. The average molecular weight is 603 g/mol. The number of carbonyl (C=O) groups is 3. The molecule has 2 aliphatic rings. The third-order valence-corrected chi connectivity index (χ3v) is 7.53. The molecule has 2 rings (SSSR count). The fourth-order valence-electron chi connectivity index (χ4n) is 4.19. The van der Waals surface area contributed by atoms with Crippen LogP contribution in [0.4, 0.5) is 0 Å². The second kappa shape index (κ2) is 26.8. The summed E-state index contributed by atoms with van der Waals surface area (Å²) in [7, 11) is 3.32. The molecule has 0 saturated carbocycles. The molecule has 2 heterocycles. The van der Waals surface area contributed by atoms with E-state index in [0.29, 0.717) is 26.1 Å². The first-order valence-electron chi connectivity index (χ1n) is 15.8. The van der Waals surface area contributed by atoms with Gasteiger partial charge in [0.1, 0.15) is 13.2 Å². The lowest BCUT2D eigenvalue weighted by Gasteiger charge is -2.31. The topological polar surface area (TPSA) is 134 Å². The lowest BCUT2D eigenvalue weighted by Crippen LogP contribution is -2.44. The second-order valence-corrected chi connectivity index (χ2v) is 10.8.